The number of hydrogen-bond donors (Lipinski definition) is 2. The minimum absolute atomic E-state index is 0.0386. The molecule has 0 radical (unpaired) electrons. The molecule has 2 heterocycles. The molecular formula is C20H26N4O4S. The minimum Gasteiger partial charge on any atom is -0.378 e. The van der Waals surface area contributed by atoms with Gasteiger partial charge in [0, 0.05) is 37.1 Å². The Bertz CT molecular complexity index is 943. The second kappa shape index (κ2) is 9.71. The fourth-order valence-corrected chi connectivity index (χ4v) is 4.17. The number of rotatable bonds is 8. The molecule has 3 rings (SSSR count). The Morgan fingerprint density at radius 1 is 1.21 bits per heavy atom. The van der Waals surface area contributed by atoms with Gasteiger partial charge in [-0.3, -0.25) is 9.52 Å². The van der Waals surface area contributed by atoms with Crippen molar-refractivity contribution in [3.05, 3.63) is 53.7 Å². The Labute approximate surface area is 171 Å². The van der Waals surface area contributed by atoms with E-state index >= 15 is 0 Å². The normalized spacial score (nSPS) is 14.4. The average Bonchev–Trinajstić information content (AvgIpc) is 2.72. The van der Waals surface area contributed by atoms with Gasteiger partial charge in [0.05, 0.1) is 19.0 Å². The van der Waals surface area contributed by atoms with E-state index in [2.05, 4.69) is 19.9 Å². The van der Waals surface area contributed by atoms with E-state index in [1.807, 2.05) is 12.1 Å². The van der Waals surface area contributed by atoms with Crippen molar-refractivity contribution < 1.29 is 17.9 Å². The Morgan fingerprint density at radius 3 is 2.76 bits per heavy atom. The van der Waals surface area contributed by atoms with Crippen LogP contribution in [0.5, 0.6) is 0 Å². The summed E-state index contributed by atoms with van der Waals surface area (Å²) >= 11 is 0. The number of nitrogens with one attached hydrogen (secondary N) is 2. The first-order chi connectivity index (χ1) is 14.0. The molecule has 0 unspecified atom stereocenters. The molecule has 1 aliphatic heterocycles. The first kappa shape index (κ1) is 21.1. The summed E-state index contributed by atoms with van der Waals surface area (Å²) in [6.45, 7) is 5.10. The molecule has 29 heavy (non-hydrogen) atoms. The summed E-state index contributed by atoms with van der Waals surface area (Å²) in [6.07, 6.45) is 2.25. The molecule has 0 aliphatic carbocycles. The number of anilines is 2. The van der Waals surface area contributed by atoms with Crippen LogP contribution in [0.4, 0.5) is 11.5 Å². The molecule has 1 saturated heterocycles. The van der Waals surface area contributed by atoms with Gasteiger partial charge in [0.25, 0.3) is 5.91 Å². The number of pyridine rings is 1. The van der Waals surface area contributed by atoms with Crippen molar-refractivity contribution in [1.82, 2.24) is 10.3 Å². The zero-order chi connectivity index (χ0) is 20.7. The fraction of sp³-hybridized carbons (Fsp3) is 0.400. The standard InChI is InChI=1S/C20H26N4O4S/c1-2-12-29(26,27)23-18-5-3-4-17(14-18)20(25)22-15-16-6-7-21-19(13-16)24-8-10-28-11-9-24/h3-7,13-14,23H,2,8-12,15H2,1H3,(H,22,25). The number of aromatic nitrogens is 1. The van der Waals surface area contributed by atoms with Crippen LogP contribution in [0.15, 0.2) is 42.6 Å². The van der Waals surface area contributed by atoms with Gasteiger partial charge in [-0.25, -0.2) is 13.4 Å². The molecule has 1 aromatic carbocycles. The highest BCUT2D eigenvalue weighted by atomic mass is 32.2. The van der Waals surface area contributed by atoms with Gasteiger partial charge in [-0.1, -0.05) is 13.0 Å². The van der Waals surface area contributed by atoms with E-state index in [-0.39, 0.29) is 11.7 Å². The van der Waals surface area contributed by atoms with Gasteiger partial charge in [-0.15, -0.1) is 0 Å². The molecule has 8 nitrogen and oxygen atoms in total. The van der Waals surface area contributed by atoms with E-state index in [1.165, 1.54) is 6.07 Å². The molecule has 0 spiro atoms. The Morgan fingerprint density at radius 2 is 2.00 bits per heavy atom. The molecule has 156 valence electrons. The molecule has 1 aromatic heterocycles. The van der Waals surface area contributed by atoms with E-state index in [0.717, 1.165) is 24.5 Å². The van der Waals surface area contributed by atoms with E-state index in [4.69, 9.17) is 4.74 Å². The largest absolute Gasteiger partial charge is 0.378 e. The number of carbonyl (C=O) groups is 1. The number of carbonyl (C=O) groups excluding carboxylic acids is 1. The van der Waals surface area contributed by atoms with Crippen LogP contribution in [0.1, 0.15) is 29.3 Å². The Balaban J connectivity index is 1.61. The summed E-state index contributed by atoms with van der Waals surface area (Å²) in [5.74, 6) is 0.635. The number of amides is 1. The predicted molar refractivity (Wildman–Crippen MR) is 113 cm³/mol. The average molecular weight is 419 g/mol. The van der Waals surface area contributed by atoms with Crippen LogP contribution in [-0.4, -0.2) is 51.4 Å². The quantitative estimate of drug-likeness (QED) is 0.680. The van der Waals surface area contributed by atoms with Crippen molar-refractivity contribution in [2.45, 2.75) is 19.9 Å². The van der Waals surface area contributed by atoms with Gasteiger partial charge in [0.15, 0.2) is 0 Å². The predicted octanol–water partition coefficient (Wildman–Crippen LogP) is 2.00. The molecule has 1 amide bonds. The third-order valence-corrected chi connectivity index (χ3v) is 5.96. The lowest BCUT2D eigenvalue weighted by Gasteiger charge is -2.28. The first-order valence-corrected chi connectivity index (χ1v) is 11.3. The zero-order valence-electron chi connectivity index (χ0n) is 16.4. The van der Waals surface area contributed by atoms with Crippen LogP contribution >= 0.6 is 0 Å². The molecular weight excluding hydrogens is 392 g/mol. The van der Waals surface area contributed by atoms with Crippen LogP contribution < -0.4 is 14.9 Å². The molecule has 0 atom stereocenters. The van der Waals surface area contributed by atoms with Crippen molar-refractivity contribution in [1.29, 1.82) is 0 Å². The number of ether oxygens (including phenoxy) is 1. The summed E-state index contributed by atoms with van der Waals surface area (Å²) in [5.41, 5.74) is 1.71. The van der Waals surface area contributed by atoms with Crippen LogP contribution in [-0.2, 0) is 21.3 Å². The maximum atomic E-state index is 12.5. The van der Waals surface area contributed by atoms with Crippen LogP contribution in [0.2, 0.25) is 0 Å². The number of morpholine rings is 1. The highest BCUT2D eigenvalue weighted by Gasteiger charge is 2.14. The minimum atomic E-state index is -3.40. The topological polar surface area (TPSA) is 101 Å². The van der Waals surface area contributed by atoms with Crippen LogP contribution in [0.25, 0.3) is 0 Å². The van der Waals surface area contributed by atoms with Gasteiger partial charge in [0.1, 0.15) is 5.82 Å². The fourth-order valence-electron chi connectivity index (χ4n) is 3.04. The Hall–Kier alpha value is -2.65. The van der Waals surface area contributed by atoms with Crippen molar-refractivity contribution in [2.75, 3.05) is 41.7 Å². The third-order valence-electron chi connectivity index (χ3n) is 4.47. The molecule has 2 N–H and O–H groups in total. The lowest BCUT2D eigenvalue weighted by Crippen LogP contribution is -2.36. The lowest BCUT2D eigenvalue weighted by atomic mass is 10.2. The van der Waals surface area contributed by atoms with Crippen LogP contribution in [0.3, 0.4) is 0 Å². The highest BCUT2D eigenvalue weighted by molar-refractivity contribution is 7.92. The maximum absolute atomic E-state index is 12.5. The summed E-state index contributed by atoms with van der Waals surface area (Å²) in [5, 5.41) is 2.87. The van der Waals surface area contributed by atoms with Crippen molar-refractivity contribution in [2.24, 2.45) is 0 Å². The third kappa shape index (κ3) is 6.16. The van der Waals surface area contributed by atoms with Gasteiger partial charge in [0.2, 0.25) is 10.0 Å². The number of sulfonamides is 1. The lowest BCUT2D eigenvalue weighted by molar-refractivity contribution is 0.0951. The molecule has 2 aromatic rings. The molecule has 0 saturated carbocycles. The van der Waals surface area contributed by atoms with Gasteiger partial charge in [-0.2, -0.15) is 0 Å². The molecule has 0 bridgehead atoms. The van der Waals surface area contributed by atoms with E-state index < -0.39 is 10.0 Å². The highest BCUT2D eigenvalue weighted by Crippen LogP contribution is 2.15. The van der Waals surface area contributed by atoms with Gasteiger partial charge >= 0.3 is 0 Å². The summed E-state index contributed by atoms with van der Waals surface area (Å²) < 4.78 is 31.7. The second-order valence-corrected chi connectivity index (χ2v) is 8.65. The smallest absolute Gasteiger partial charge is 0.251 e. The van der Waals surface area contributed by atoms with Crippen molar-refractivity contribution in [3.8, 4) is 0 Å². The van der Waals surface area contributed by atoms with E-state index in [0.29, 0.717) is 37.4 Å². The molecule has 9 heteroatoms. The SMILES string of the molecule is CCCS(=O)(=O)Nc1cccc(C(=O)NCc2ccnc(N3CCOCC3)c2)c1. The van der Waals surface area contributed by atoms with Crippen molar-refractivity contribution >= 4 is 27.4 Å². The van der Waals surface area contributed by atoms with Crippen LogP contribution in [0, 0.1) is 0 Å². The van der Waals surface area contributed by atoms with Gasteiger partial charge < -0.3 is 15.0 Å². The summed E-state index contributed by atoms with van der Waals surface area (Å²) in [4.78, 5) is 19.1. The number of benzene rings is 1. The van der Waals surface area contributed by atoms with E-state index in [9.17, 15) is 13.2 Å². The molecule has 1 fully saturated rings. The summed E-state index contributed by atoms with van der Waals surface area (Å²) in [7, 11) is -3.40. The second-order valence-electron chi connectivity index (χ2n) is 6.81. The monoisotopic (exact) mass is 418 g/mol. The number of nitrogens with zero attached hydrogens (tertiary/aromatic N) is 2. The Kier molecular flexibility index (Phi) is 7.05. The van der Waals surface area contributed by atoms with Crippen molar-refractivity contribution in [3.63, 3.8) is 0 Å². The first-order valence-electron chi connectivity index (χ1n) is 9.63. The van der Waals surface area contributed by atoms with E-state index in [1.54, 1.807) is 31.3 Å². The maximum Gasteiger partial charge on any atom is 0.251 e. The zero-order valence-corrected chi connectivity index (χ0v) is 17.2. The van der Waals surface area contributed by atoms with Gasteiger partial charge in [-0.05, 0) is 42.3 Å². The summed E-state index contributed by atoms with van der Waals surface area (Å²) in [6, 6.07) is 10.3. The molecule has 1 aliphatic rings. The number of hydrogen-bond acceptors (Lipinski definition) is 6.